The molecular weight excluding hydrogens is 553 g/mol. The summed E-state index contributed by atoms with van der Waals surface area (Å²) in [6.45, 7) is 3.19. The van der Waals surface area contributed by atoms with Crippen LogP contribution in [0.2, 0.25) is 0 Å². The monoisotopic (exact) mass is 584 g/mol. The summed E-state index contributed by atoms with van der Waals surface area (Å²) >= 11 is 0.798. The Morgan fingerprint density at radius 3 is 2.46 bits per heavy atom. The number of nitrogens with one attached hydrogen (secondary N) is 1. The molecule has 2 aromatic carbocycles. The number of nitrogens with zero attached hydrogens (tertiary/aromatic N) is 3. The van der Waals surface area contributed by atoms with Gasteiger partial charge in [0.05, 0.1) is 17.6 Å². The highest BCUT2D eigenvalue weighted by atomic mass is 32.1. The van der Waals surface area contributed by atoms with E-state index >= 15 is 0 Å². The molecule has 2 aromatic heterocycles. The Morgan fingerprint density at radius 2 is 1.73 bits per heavy atom. The lowest BCUT2D eigenvalue weighted by Gasteiger charge is -2.28. The largest absolute Gasteiger partial charge is 0.474 e. The van der Waals surface area contributed by atoms with Gasteiger partial charge >= 0.3 is 6.18 Å². The van der Waals surface area contributed by atoms with Gasteiger partial charge in [-0.25, -0.2) is 9.97 Å². The van der Waals surface area contributed by atoms with Crippen LogP contribution in [0, 0.1) is 6.92 Å². The molecule has 1 fully saturated rings. The summed E-state index contributed by atoms with van der Waals surface area (Å²) in [7, 11) is 0. The normalized spacial score (nSPS) is 19.0. The molecule has 0 radical (unpaired) electrons. The Hall–Kier alpha value is -3.54. The second kappa shape index (κ2) is 12.1. The summed E-state index contributed by atoms with van der Waals surface area (Å²) in [6, 6.07) is 17.4. The second-order valence-corrected chi connectivity index (χ2v) is 11.4. The van der Waals surface area contributed by atoms with Crippen molar-refractivity contribution in [2.24, 2.45) is 0 Å². The van der Waals surface area contributed by atoms with Crippen LogP contribution in [0.3, 0.4) is 0 Å². The average Bonchev–Trinajstić information content (AvgIpc) is 3.44. The predicted octanol–water partition coefficient (Wildman–Crippen LogP) is 7.33. The predicted molar refractivity (Wildman–Crippen MR) is 151 cm³/mol. The average molecular weight is 585 g/mol. The van der Waals surface area contributed by atoms with Crippen molar-refractivity contribution in [1.82, 2.24) is 15.0 Å². The van der Waals surface area contributed by atoms with Gasteiger partial charge in [-0.05, 0) is 68.4 Å². The summed E-state index contributed by atoms with van der Waals surface area (Å²) in [5.74, 6) is 0.800. The van der Waals surface area contributed by atoms with Crippen LogP contribution in [0.25, 0.3) is 10.4 Å². The molecule has 216 valence electrons. The van der Waals surface area contributed by atoms with Crippen LogP contribution in [0.4, 0.5) is 24.8 Å². The number of thiazole rings is 1. The van der Waals surface area contributed by atoms with Crippen molar-refractivity contribution in [3.05, 3.63) is 83.1 Å². The third-order valence-electron chi connectivity index (χ3n) is 6.96. The Balaban J connectivity index is 1.20. The van der Waals surface area contributed by atoms with Gasteiger partial charge in [-0.1, -0.05) is 36.4 Å². The second-order valence-electron chi connectivity index (χ2n) is 10.3. The van der Waals surface area contributed by atoms with E-state index in [1.54, 1.807) is 18.3 Å². The number of anilines is 2. The summed E-state index contributed by atoms with van der Waals surface area (Å²) in [4.78, 5) is 13.2. The summed E-state index contributed by atoms with van der Waals surface area (Å²) in [5, 5.41) is 12.7. The number of rotatable bonds is 9. The molecule has 1 atom stereocenters. The van der Waals surface area contributed by atoms with Gasteiger partial charge in [0.1, 0.15) is 11.1 Å². The molecular formula is C30H31F3N4O3S. The minimum Gasteiger partial charge on any atom is -0.474 e. The smallest absolute Gasteiger partial charge is 0.423 e. The fourth-order valence-corrected chi connectivity index (χ4v) is 5.59. The number of ether oxygens (including phenoxy) is 2. The number of alkyl halides is 3. The Labute approximate surface area is 240 Å². The van der Waals surface area contributed by atoms with E-state index in [0.29, 0.717) is 41.5 Å². The summed E-state index contributed by atoms with van der Waals surface area (Å²) < 4.78 is 52.0. The molecule has 4 aromatic rings. The number of benzene rings is 2. The van der Waals surface area contributed by atoms with Crippen molar-refractivity contribution in [2.75, 3.05) is 5.32 Å². The van der Waals surface area contributed by atoms with E-state index in [-0.39, 0.29) is 12.2 Å². The van der Waals surface area contributed by atoms with Crippen molar-refractivity contribution < 1.29 is 27.8 Å². The van der Waals surface area contributed by atoms with Crippen molar-refractivity contribution in [3.8, 4) is 16.3 Å². The van der Waals surface area contributed by atoms with Gasteiger partial charge in [-0.2, -0.15) is 18.2 Å². The quantitative estimate of drug-likeness (QED) is 0.213. The van der Waals surface area contributed by atoms with E-state index in [4.69, 9.17) is 9.47 Å². The highest BCUT2D eigenvalue weighted by Crippen LogP contribution is 2.42. The number of aliphatic hydroxyl groups is 1. The molecule has 2 N–H and O–H groups in total. The highest BCUT2D eigenvalue weighted by Gasteiger charge is 2.53. The first-order chi connectivity index (χ1) is 19.6. The molecule has 5 rings (SSSR count). The molecule has 1 unspecified atom stereocenters. The fourth-order valence-electron chi connectivity index (χ4n) is 4.62. The molecule has 0 bridgehead atoms. The number of halogens is 3. The molecule has 11 heteroatoms. The van der Waals surface area contributed by atoms with Gasteiger partial charge in [-0.3, -0.25) is 0 Å². The first-order valence-corrected chi connectivity index (χ1v) is 14.2. The van der Waals surface area contributed by atoms with Crippen LogP contribution < -0.4 is 10.1 Å². The van der Waals surface area contributed by atoms with E-state index in [9.17, 15) is 18.3 Å². The molecule has 1 aliphatic rings. The van der Waals surface area contributed by atoms with Crippen LogP contribution in [0.15, 0.2) is 67.0 Å². The topological polar surface area (TPSA) is 89.4 Å². The lowest BCUT2D eigenvalue weighted by molar-refractivity contribution is -0.258. The summed E-state index contributed by atoms with van der Waals surface area (Å²) in [5.41, 5.74) is 0.336. The van der Waals surface area contributed by atoms with Crippen molar-refractivity contribution in [2.45, 2.75) is 70.1 Å². The van der Waals surface area contributed by atoms with E-state index in [2.05, 4.69) is 32.4 Å². The zero-order chi connectivity index (χ0) is 29.0. The van der Waals surface area contributed by atoms with E-state index in [0.717, 1.165) is 42.6 Å². The first-order valence-electron chi connectivity index (χ1n) is 13.4. The van der Waals surface area contributed by atoms with Crippen LogP contribution in [-0.2, 0) is 16.9 Å². The van der Waals surface area contributed by atoms with Gasteiger partial charge in [0.2, 0.25) is 17.4 Å². The minimum atomic E-state index is -4.83. The van der Waals surface area contributed by atoms with Crippen LogP contribution in [0.5, 0.6) is 5.88 Å². The molecule has 0 aliphatic heterocycles. The van der Waals surface area contributed by atoms with Gasteiger partial charge in [0.15, 0.2) is 0 Å². The molecule has 1 aliphatic carbocycles. The van der Waals surface area contributed by atoms with Gasteiger partial charge in [-0.15, -0.1) is 11.3 Å². The van der Waals surface area contributed by atoms with Crippen molar-refractivity contribution in [3.63, 3.8) is 0 Å². The molecule has 2 heterocycles. The maximum atomic E-state index is 13.3. The Bertz CT molecular complexity index is 1450. The highest BCUT2D eigenvalue weighted by molar-refractivity contribution is 7.15. The molecule has 1 saturated carbocycles. The third-order valence-corrected chi connectivity index (χ3v) is 8.22. The lowest BCUT2D eigenvalue weighted by atomic mass is 9.95. The molecule has 0 spiro atoms. The zero-order valence-corrected chi connectivity index (χ0v) is 23.5. The van der Waals surface area contributed by atoms with E-state index in [1.807, 2.05) is 37.3 Å². The van der Waals surface area contributed by atoms with Crippen LogP contribution in [0.1, 0.15) is 48.7 Å². The van der Waals surface area contributed by atoms with E-state index in [1.165, 1.54) is 11.8 Å². The maximum Gasteiger partial charge on any atom is 0.423 e. The minimum absolute atomic E-state index is 0.0364. The third kappa shape index (κ3) is 7.22. The fraction of sp³-hybridized carbons (Fsp3) is 0.367. The van der Waals surface area contributed by atoms with Gasteiger partial charge in [0.25, 0.3) is 0 Å². The number of aromatic nitrogens is 3. The maximum absolute atomic E-state index is 13.3. The Kier molecular flexibility index (Phi) is 8.58. The van der Waals surface area contributed by atoms with Crippen LogP contribution >= 0.6 is 11.3 Å². The standard InChI is InChI=1S/C30H31F3N4O3S/c1-19-14-21(25-17-35-27(41-25)29(2,38)30(31,32)33)16-22(15-19)36-28-34-13-12-26(37-28)40-24-10-8-23(9-11-24)39-18-20-6-4-3-5-7-20/h3-7,12-17,23-24,38H,8-11,18H2,1-2H3,(H,34,36,37). The van der Waals surface area contributed by atoms with Crippen molar-refractivity contribution in [1.29, 1.82) is 0 Å². The van der Waals surface area contributed by atoms with Crippen molar-refractivity contribution >= 4 is 23.0 Å². The zero-order valence-electron chi connectivity index (χ0n) is 22.7. The molecule has 41 heavy (non-hydrogen) atoms. The molecule has 7 nitrogen and oxygen atoms in total. The van der Waals surface area contributed by atoms with Crippen LogP contribution in [-0.4, -0.2) is 38.4 Å². The first kappa shape index (κ1) is 29.0. The van der Waals surface area contributed by atoms with Gasteiger partial charge in [0, 0.05) is 24.1 Å². The SMILES string of the molecule is Cc1cc(Nc2nccc(OC3CCC(OCc4ccccc4)CC3)n2)cc(-c2cnc(C(C)(O)C(F)(F)F)s2)c1. The summed E-state index contributed by atoms with van der Waals surface area (Å²) in [6.07, 6.45) is 1.93. The number of hydrogen-bond donors (Lipinski definition) is 2. The van der Waals surface area contributed by atoms with E-state index < -0.39 is 16.8 Å². The molecule has 0 amide bonds. The lowest BCUT2D eigenvalue weighted by Crippen LogP contribution is -2.39. The number of hydrogen-bond acceptors (Lipinski definition) is 8. The number of aryl methyl sites for hydroxylation is 1. The van der Waals surface area contributed by atoms with Gasteiger partial charge < -0.3 is 19.9 Å². The Morgan fingerprint density at radius 1 is 1.00 bits per heavy atom. The molecule has 0 saturated heterocycles.